The van der Waals surface area contributed by atoms with E-state index in [0.717, 1.165) is 11.1 Å². The fraction of sp³-hybridized carbons (Fsp3) is 0.533. The molecule has 0 radical (unpaired) electrons. The molecule has 1 atom stereocenters. The van der Waals surface area contributed by atoms with Gasteiger partial charge in [0.05, 0.1) is 0 Å². The highest BCUT2D eigenvalue weighted by Gasteiger charge is 2.13. The summed E-state index contributed by atoms with van der Waals surface area (Å²) in [5.74, 6) is 0.918. The summed E-state index contributed by atoms with van der Waals surface area (Å²) >= 11 is 0. The minimum Gasteiger partial charge on any atom is -0.330 e. The Morgan fingerprint density at radius 3 is 2.47 bits per heavy atom. The molecule has 94 valence electrons. The Kier molecular flexibility index (Phi) is 4.88. The normalized spacial score (nSPS) is 12.8. The van der Waals surface area contributed by atoms with Crippen molar-refractivity contribution in [1.29, 1.82) is 0 Å². The van der Waals surface area contributed by atoms with Gasteiger partial charge in [0.15, 0.2) is 5.78 Å². The summed E-state index contributed by atoms with van der Waals surface area (Å²) < 4.78 is 0. The smallest absolute Gasteiger partial charge is 0.163 e. The Hall–Kier alpha value is -1.15. The zero-order chi connectivity index (χ0) is 13.0. The first-order valence-corrected chi connectivity index (χ1v) is 6.29. The van der Waals surface area contributed by atoms with Gasteiger partial charge in [0.2, 0.25) is 0 Å². The van der Waals surface area contributed by atoms with E-state index in [-0.39, 0.29) is 11.7 Å². The average molecular weight is 233 g/mol. The molecule has 0 saturated heterocycles. The molecule has 0 bridgehead atoms. The maximum Gasteiger partial charge on any atom is 0.163 e. The Labute approximate surface area is 104 Å². The van der Waals surface area contributed by atoms with Gasteiger partial charge in [-0.25, -0.2) is 0 Å². The molecule has 1 aromatic rings. The van der Waals surface area contributed by atoms with Gasteiger partial charge in [0.25, 0.3) is 0 Å². The van der Waals surface area contributed by atoms with E-state index in [4.69, 9.17) is 5.73 Å². The van der Waals surface area contributed by atoms with Crippen molar-refractivity contribution in [1.82, 2.24) is 0 Å². The number of carbonyl (C=O) groups is 1. The molecule has 0 saturated carbocycles. The lowest BCUT2D eigenvalue weighted by Crippen LogP contribution is -2.16. The molecule has 1 rings (SSSR count). The van der Waals surface area contributed by atoms with Crippen LogP contribution in [-0.2, 0) is 0 Å². The molecular weight excluding hydrogens is 210 g/mol. The van der Waals surface area contributed by atoms with Crippen LogP contribution in [0.1, 0.15) is 54.6 Å². The molecule has 0 heterocycles. The summed E-state index contributed by atoms with van der Waals surface area (Å²) in [4.78, 5) is 12.2. The van der Waals surface area contributed by atoms with Gasteiger partial charge >= 0.3 is 0 Å². The van der Waals surface area contributed by atoms with Gasteiger partial charge in [-0.15, -0.1) is 0 Å². The zero-order valence-electron chi connectivity index (χ0n) is 11.3. The fourth-order valence-corrected chi connectivity index (χ4v) is 1.81. The van der Waals surface area contributed by atoms with E-state index >= 15 is 0 Å². The minimum atomic E-state index is 0.211. The predicted octanol–water partition coefficient (Wildman–Crippen LogP) is 3.29. The summed E-state index contributed by atoms with van der Waals surface area (Å²) in [6.07, 6.45) is 0.541. The third kappa shape index (κ3) is 3.67. The number of ketones is 1. The Bertz CT molecular complexity index is 396. The molecule has 2 N–H and O–H groups in total. The van der Waals surface area contributed by atoms with Crippen LogP contribution in [0.25, 0.3) is 0 Å². The van der Waals surface area contributed by atoms with E-state index in [0.29, 0.717) is 18.9 Å². The lowest BCUT2D eigenvalue weighted by molar-refractivity contribution is 0.0965. The lowest BCUT2D eigenvalue weighted by atomic mass is 9.92. The predicted molar refractivity (Wildman–Crippen MR) is 72.4 cm³/mol. The van der Waals surface area contributed by atoms with Crippen LogP contribution in [0.15, 0.2) is 18.2 Å². The van der Waals surface area contributed by atoms with Gasteiger partial charge in [-0.05, 0) is 42.5 Å². The number of aryl methyl sites for hydroxylation is 1. The highest BCUT2D eigenvalue weighted by Crippen LogP contribution is 2.20. The monoisotopic (exact) mass is 233 g/mol. The number of hydrogen-bond donors (Lipinski definition) is 1. The van der Waals surface area contributed by atoms with Crippen molar-refractivity contribution < 1.29 is 4.79 Å². The summed E-state index contributed by atoms with van der Waals surface area (Å²) in [6.45, 7) is 8.85. The zero-order valence-corrected chi connectivity index (χ0v) is 11.3. The van der Waals surface area contributed by atoms with Crippen molar-refractivity contribution in [3.63, 3.8) is 0 Å². The third-order valence-electron chi connectivity index (χ3n) is 3.16. The largest absolute Gasteiger partial charge is 0.330 e. The second kappa shape index (κ2) is 5.97. The molecule has 1 unspecified atom stereocenters. The van der Waals surface area contributed by atoms with E-state index in [1.54, 1.807) is 0 Å². The first-order valence-electron chi connectivity index (χ1n) is 6.29. The standard InChI is InChI=1S/C15H23NO/c1-10(2)13-6-5-12(4)14(8-13)15(17)7-11(3)9-16/h5-6,8,10-11H,7,9,16H2,1-4H3. The quantitative estimate of drug-likeness (QED) is 0.793. The van der Waals surface area contributed by atoms with E-state index in [2.05, 4.69) is 19.9 Å². The van der Waals surface area contributed by atoms with Gasteiger partial charge in [-0.2, -0.15) is 0 Å². The van der Waals surface area contributed by atoms with E-state index in [9.17, 15) is 4.79 Å². The highest BCUT2D eigenvalue weighted by molar-refractivity contribution is 5.97. The van der Waals surface area contributed by atoms with Gasteiger partial charge in [0.1, 0.15) is 0 Å². The molecule has 0 amide bonds. The fourth-order valence-electron chi connectivity index (χ4n) is 1.81. The van der Waals surface area contributed by atoms with Crippen LogP contribution in [0.4, 0.5) is 0 Å². The van der Waals surface area contributed by atoms with Crippen molar-refractivity contribution in [2.45, 2.75) is 40.0 Å². The molecule has 0 aromatic heterocycles. The van der Waals surface area contributed by atoms with Crippen molar-refractivity contribution in [2.24, 2.45) is 11.7 Å². The summed E-state index contributed by atoms with van der Waals surface area (Å²) in [5, 5.41) is 0. The molecule has 2 heteroatoms. The van der Waals surface area contributed by atoms with Gasteiger partial charge < -0.3 is 5.73 Å². The van der Waals surface area contributed by atoms with Crippen molar-refractivity contribution in [3.05, 3.63) is 34.9 Å². The lowest BCUT2D eigenvalue weighted by Gasteiger charge is -2.12. The maximum absolute atomic E-state index is 12.2. The Morgan fingerprint density at radius 1 is 1.29 bits per heavy atom. The number of rotatable bonds is 5. The molecule has 0 aliphatic rings. The molecule has 2 nitrogen and oxygen atoms in total. The third-order valence-corrected chi connectivity index (χ3v) is 3.16. The van der Waals surface area contributed by atoms with E-state index < -0.39 is 0 Å². The SMILES string of the molecule is Cc1ccc(C(C)C)cc1C(=O)CC(C)CN. The second-order valence-electron chi connectivity index (χ2n) is 5.20. The number of hydrogen-bond acceptors (Lipinski definition) is 2. The van der Waals surface area contributed by atoms with Gasteiger partial charge in [0, 0.05) is 12.0 Å². The second-order valence-corrected chi connectivity index (χ2v) is 5.20. The van der Waals surface area contributed by atoms with Crippen molar-refractivity contribution in [2.75, 3.05) is 6.54 Å². The highest BCUT2D eigenvalue weighted by atomic mass is 16.1. The number of nitrogens with two attached hydrogens (primary N) is 1. The van der Waals surface area contributed by atoms with Crippen LogP contribution in [0.3, 0.4) is 0 Å². The first-order chi connectivity index (χ1) is 7.95. The summed E-state index contributed by atoms with van der Waals surface area (Å²) in [7, 11) is 0. The van der Waals surface area contributed by atoms with Crippen molar-refractivity contribution in [3.8, 4) is 0 Å². The van der Waals surface area contributed by atoms with Crippen molar-refractivity contribution >= 4 is 5.78 Å². The van der Waals surface area contributed by atoms with Crippen LogP contribution in [-0.4, -0.2) is 12.3 Å². The number of benzene rings is 1. The van der Waals surface area contributed by atoms with Crippen LogP contribution in [0.5, 0.6) is 0 Å². The topological polar surface area (TPSA) is 43.1 Å². The first kappa shape index (κ1) is 13.9. The molecule has 1 aromatic carbocycles. The molecule has 0 fully saturated rings. The van der Waals surface area contributed by atoms with Gasteiger partial charge in [-0.3, -0.25) is 4.79 Å². The van der Waals surface area contributed by atoms with Crippen LogP contribution < -0.4 is 5.73 Å². The number of Topliss-reactive ketones (excluding diaryl/α,β-unsaturated/α-hetero) is 1. The molecule has 0 spiro atoms. The Balaban J connectivity index is 2.96. The van der Waals surface area contributed by atoms with Crippen LogP contribution in [0, 0.1) is 12.8 Å². The molecule has 17 heavy (non-hydrogen) atoms. The van der Waals surface area contributed by atoms with Crippen LogP contribution >= 0.6 is 0 Å². The van der Waals surface area contributed by atoms with Gasteiger partial charge in [-0.1, -0.05) is 32.9 Å². The van der Waals surface area contributed by atoms with Crippen LogP contribution in [0.2, 0.25) is 0 Å². The molecule has 0 aliphatic carbocycles. The molecule has 0 aliphatic heterocycles. The maximum atomic E-state index is 12.2. The minimum absolute atomic E-state index is 0.211. The van der Waals surface area contributed by atoms with E-state index in [1.165, 1.54) is 5.56 Å². The Morgan fingerprint density at radius 2 is 1.94 bits per heavy atom. The molecular formula is C15H23NO. The summed E-state index contributed by atoms with van der Waals surface area (Å²) in [6, 6.07) is 6.17. The number of carbonyl (C=O) groups excluding carboxylic acids is 1. The average Bonchev–Trinajstić information content (AvgIpc) is 2.28. The van der Waals surface area contributed by atoms with E-state index in [1.807, 2.05) is 26.0 Å². The summed E-state index contributed by atoms with van der Waals surface area (Å²) in [5.41, 5.74) is 8.70.